The predicted molar refractivity (Wildman–Crippen MR) is 95.1 cm³/mol. The number of imide groups is 1. The van der Waals surface area contributed by atoms with Crippen LogP contribution >= 0.6 is 15.9 Å². The number of hydrogen-bond donors (Lipinski definition) is 0. The van der Waals surface area contributed by atoms with Crippen molar-refractivity contribution in [2.45, 2.75) is 13.0 Å². The van der Waals surface area contributed by atoms with Crippen LogP contribution in [-0.4, -0.2) is 36.0 Å². The van der Waals surface area contributed by atoms with Crippen LogP contribution in [0.25, 0.3) is 0 Å². The van der Waals surface area contributed by atoms with Crippen molar-refractivity contribution >= 4 is 33.6 Å². The first-order valence-electron chi connectivity index (χ1n) is 7.76. The van der Waals surface area contributed by atoms with Gasteiger partial charge < -0.3 is 4.74 Å². The van der Waals surface area contributed by atoms with Gasteiger partial charge in [0.15, 0.2) is 0 Å². The third kappa shape index (κ3) is 3.66. The fraction of sp³-hybridized carbons (Fsp3) is 0.222. The van der Waals surface area contributed by atoms with E-state index in [0.717, 1.165) is 9.37 Å². The Morgan fingerprint density at radius 3 is 2.56 bits per heavy atom. The van der Waals surface area contributed by atoms with Crippen LogP contribution in [0.15, 0.2) is 53.0 Å². The van der Waals surface area contributed by atoms with E-state index in [-0.39, 0.29) is 19.1 Å². The molecule has 1 aliphatic rings. The lowest BCUT2D eigenvalue weighted by molar-refractivity contribution is -0.127. The highest BCUT2D eigenvalue weighted by molar-refractivity contribution is 9.10. The summed E-state index contributed by atoms with van der Waals surface area (Å²) in [5, 5.41) is 0. The zero-order valence-electron chi connectivity index (χ0n) is 13.5. The Hall–Kier alpha value is -2.41. The number of carbonyl (C=O) groups excluding carboxylic acids is 2. The van der Waals surface area contributed by atoms with Crippen molar-refractivity contribution in [1.29, 1.82) is 0 Å². The van der Waals surface area contributed by atoms with Crippen molar-refractivity contribution in [2.75, 3.05) is 18.1 Å². The summed E-state index contributed by atoms with van der Waals surface area (Å²) in [5.74, 6) is -0.0438. The molecule has 1 heterocycles. The molecular weight excluding hydrogens is 391 g/mol. The summed E-state index contributed by atoms with van der Waals surface area (Å²) in [6.07, 6.45) is 0. The van der Waals surface area contributed by atoms with Crippen LogP contribution in [0.4, 0.5) is 14.9 Å². The minimum atomic E-state index is -0.635. The predicted octanol–water partition coefficient (Wildman–Crippen LogP) is 3.82. The van der Waals surface area contributed by atoms with Gasteiger partial charge in [-0.15, -0.1) is 0 Å². The minimum absolute atomic E-state index is 0.145. The second-order valence-corrected chi connectivity index (χ2v) is 6.52. The number of hydrogen-bond acceptors (Lipinski definition) is 3. The summed E-state index contributed by atoms with van der Waals surface area (Å²) in [5.41, 5.74) is 0.489. The van der Waals surface area contributed by atoms with E-state index < -0.39 is 17.9 Å². The molecule has 25 heavy (non-hydrogen) atoms. The van der Waals surface area contributed by atoms with Crippen molar-refractivity contribution in [2.24, 2.45) is 0 Å². The van der Waals surface area contributed by atoms with Gasteiger partial charge in [0.25, 0.3) is 5.91 Å². The van der Waals surface area contributed by atoms with E-state index in [2.05, 4.69) is 15.9 Å². The first-order valence-corrected chi connectivity index (χ1v) is 8.55. The zero-order valence-corrected chi connectivity index (χ0v) is 15.1. The monoisotopic (exact) mass is 406 g/mol. The number of urea groups is 1. The van der Waals surface area contributed by atoms with Gasteiger partial charge in [-0.2, -0.15) is 0 Å². The highest BCUT2D eigenvalue weighted by Gasteiger charge is 2.43. The Balaban J connectivity index is 1.67. The molecule has 2 aromatic rings. The molecular formula is C18H16BrFN2O3. The van der Waals surface area contributed by atoms with Gasteiger partial charge >= 0.3 is 6.03 Å². The van der Waals surface area contributed by atoms with Crippen molar-refractivity contribution in [1.82, 2.24) is 4.90 Å². The molecule has 0 radical (unpaired) electrons. The van der Waals surface area contributed by atoms with Gasteiger partial charge in [-0.3, -0.25) is 14.6 Å². The quantitative estimate of drug-likeness (QED) is 0.709. The molecule has 5 nitrogen and oxygen atoms in total. The zero-order chi connectivity index (χ0) is 18.0. The molecule has 0 aromatic heterocycles. The molecule has 1 atom stereocenters. The Morgan fingerprint density at radius 1 is 1.16 bits per heavy atom. The number of ether oxygens (including phenoxy) is 1. The Kier molecular flexibility index (Phi) is 5.03. The van der Waals surface area contributed by atoms with Crippen LogP contribution in [0, 0.1) is 5.82 Å². The molecule has 0 spiro atoms. The van der Waals surface area contributed by atoms with Crippen molar-refractivity contribution in [3.63, 3.8) is 0 Å². The summed E-state index contributed by atoms with van der Waals surface area (Å²) in [6.45, 7) is 1.99. The Labute approximate surface area is 153 Å². The SMILES string of the molecule is C[C@H]1C(=O)N(CCOc2cccc(Br)c2)C(=O)N1c1ccc(F)cc1. The van der Waals surface area contributed by atoms with Crippen LogP contribution in [0.1, 0.15) is 6.92 Å². The van der Waals surface area contributed by atoms with Crippen LogP contribution in [0.5, 0.6) is 5.75 Å². The largest absolute Gasteiger partial charge is 0.492 e. The molecule has 0 N–H and O–H groups in total. The smallest absolute Gasteiger partial charge is 0.332 e. The average molecular weight is 407 g/mol. The van der Waals surface area contributed by atoms with Crippen LogP contribution in [-0.2, 0) is 4.79 Å². The molecule has 0 unspecified atom stereocenters. The third-order valence-electron chi connectivity index (χ3n) is 3.93. The van der Waals surface area contributed by atoms with E-state index in [4.69, 9.17) is 4.74 Å². The van der Waals surface area contributed by atoms with Gasteiger partial charge in [-0.05, 0) is 49.4 Å². The molecule has 7 heteroatoms. The number of rotatable bonds is 5. The molecule has 130 valence electrons. The van der Waals surface area contributed by atoms with E-state index in [1.807, 2.05) is 12.1 Å². The standard InChI is InChI=1S/C18H16BrFN2O3/c1-12-17(23)21(9-10-25-16-4-2-3-13(19)11-16)18(24)22(12)15-7-5-14(20)6-8-15/h2-8,11-12H,9-10H2,1H3/t12-/m0/s1. The lowest BCUT2D eigenvalue weighted by atomic mass is 10.2. The van der Waals surface area contributed by atoms with Gasteiger partial charge in [0.05, 0.1) is 6.54 Å². The molecule has 3 amide bonds. The van der Waals surface area contributed by atoms with Gasteiger partial charge in [0.2, 0.25) is 0 Å². The normalized spacial score (nSPS) is 17.3. The van der Waals surface area contributed by atoms with Gasteiger partial charge in [0.1, 0.15) is 24.2 Å². The molecule has 1 fully saturated rings. The van der Waals surface area contributed by atoms with E-state index in [0.29, 0.717) is 11.4 Å². The highest BCUT2D eigenvalue weighted by Crippen LogP contribution is 2.26. The van der Waals surface area contributed by atoms with Crippen LogP contribution in [0.3, 0.4) is 0 Å². The minimum Gasteiger partial charge on any atom is -0.492 e. The van der Waals surface area contributed by atoms with E-state index in [1.165, 1.54) is 29.2 Å². The lowest BCUT2D eigenvalue weighted by Crippen LogP contribution is -2.36. The van der Waals surface area contributed by atoms with Gasteiger partial charge in [0, 0.05) is 10.2 Å². The molecule has 3 rings (SSSR count). The first-order chi connectivity index (χ1) is 12.0. The van der Waals surface area contributed by atoms with Crippen molar-refractivity contribution in [3.05, 3.63) is 58.8 Å². The second-order valence-electron chi connectivity index (χ2n) is 5.60. The van der Waals surface area contributed by atoms with Crippen molar-refractivity contribution in [3.8, 4) is 5.75 Å². The highest BCUT2D eigenvalue weighted by atomic mass is 79.9. The number of carbonyl (C=O) groups is 2. The third-order valence-corrected chi connectivity index (χ3v) is 4.43. The molecule has 1 saturated heterocycles. The average Bonchev–Trinajstić information content (AvgIpc) is 2.79. The molecule has 0 bridgehead atoms. The number of benzene rings is 2. The maximum atomic E-state index is 13.1. The summed E-state index contributed by atoms with van der Waals surface area (Å²) in [4.78, 5) is 27.5. The summed E-state index contributed by atoms with van der Waals surface area (Å²) in [6, 6.07) is 11.7. The molecule has 0 aliphatic carbocycles. The maximum Gasteiger partial charge on any atom is 0.332 e. The number of halogens is 2. The van der Waals surface area contributed by atoms with Crippen LogP contribution in [0.2, 0.25) is 0 Å². The van der Waals surface area contributed by atoms with E-state index in [9.17, 15) is 14.0 Å². The number of nitrogens with zero attached hydrogens (tertiary/aromatic N) is 2. The topological polar surface area (TPSA) is 49.9 Å². The summed E-state index contributed by atoms with van der Waals surface area (Å²) < 4.78 is 19.6. The van der Waals surface area contributed by atoms with Gasteiger partial charge in [-0.25, -0.2) is 9.18 Å². The fourth-order valence-corrected chi connectivity index (χ4v) is 3.06. The first kappa shape index (κ1) is 17.4. The summed E-state index contributed by atoms with van der Waals surface area (Å²) >= 11 is 3.35. The number of amides is 3. The Bertz CT molecular complexity index is 797. The molecule has 1 aliphatic heterocycles. The fourth-order valence-electron chi connectivity index (χ4n) is 2.68. The van der Waals surface area contributed by atoms with E-state index in [1.54, 1.807) is 19.1 Å². The van der Waals surface area contributed by atoms with Crippen molar-refractivity contribution < 1.29 is 18.7 Å². The lowest BCUT2D eigenvalue weighted by Gasteiger charge is -2.19. The summed E-state index contributed by atoms with van der Waals surface area (Å²) in [7, 11) is 0. The van der Waals surface area contributed by atoms with Gasteiger partial charge in [-0.1, -0.05) is 22.0 Å². The maximum absolute atomic E-state index is 13.1. The number of anilines is 1. The second kappa shape index (κ2) is 7.23. The Morgan fingerprint density at radius 2 is 1.88 bits per heavy atom. The van der Waals surface area contributed by atoms with E-state index >= 15 is 0 Å². The van der Waals surface area contributed by atoms with Crippen LogP contribution < -0.4 is 9.64 Å². The molecule has 0 saturated carbocycles. The molecule has 2 aromatic carbocycles.